The molecule has 1 aliphatic carbocycles. The maximum atomic E-state index is 13.3. The zero-order valence-electron chi connectivity index (χ0n) is 23.8. The van der Waals surface area contributed by atoms with E-state index in [1.165, 1.54) is 49.6 Å². The molecule has 10 nitrogen and oxygen atoms in total. The normalized spacial score (nSPS) is 19.0. The van der Waals surface area contributed by atoms with E-state index in [4.69, 9.17) is 34.1 Å². The molecule has 0 unspecified atom stereocenters. The smallest absolute Gasteiger partial charge is 0.327 e. The molecule has 0 radical (unpaired) electrons. The molecule has 5 heterocycles. The van der Waals surface area contributed by atoms with Crippen molar-refractivity contribution < 1.29 is 14.4 Å². The van der Waals surface area contributed by atoms with Crippen LogP contribution < -0.4 is 21.0 Å². The predicted molar refractivity (Wildman–Crippen MR) is 174 cm³/mol. The average molecular weight is 665 g/mol. The summed E-state index contributed by atoms with van der Waals surface area (Å²) in [5, 5.41) is 7.49. The second-order valence-electron chi connectivity index (χ2n) is 11.3. The van der Waals surface area contributed by atoms with Crippen molar-refractivity contribution in [2.45, 2.75) is 51.0 Å². The van der Waals surface area contributed by atoms with Crippen LogP contribution in [-0.2, 0) is 9.63 Å². The first-order valence-corrected chi connectivity index (χ1v) is 17.2. The summed E-state index contributed by atoms with van der Waals surface area (Å²) in [6, 6.07) is 4.26. The number of thiazole rings is 1. The van der Waals surface area contributed by atoms with Crippen LogP contribution in [0.2, 0.25) is 10.0 Å². The summed E-state index contributed by atoms with van der Waals surface area (Å²) in [4.78, 5) is 46.8. The highest BCUT2D eigenvalue weighted by atomic mass is 35.5. The number of pyridine rings is 1. The van der Waals surface area contributed by atoms with Crippen LogP contribution in [0.25, 0.3) is 10.6 Å². The van der Waals surface area contributed by atoms with E-state index in [2.05, 4.69) is 24.9 Å². The number of aromatic nitrogens is 2. The number of piperidine rings is 1. The molecule has 3 aromatic rings. The van der Waals surface area contributed by atoms with Gasteiger partial charge in [0.1, 0.15) is 16.5 Å². The highest BCUT2D eigenvalue weighted by Gasteiger charge is 2.30. The fourth-order valence-corrected chi connectivity index (χ4v) is 8.74. The number of hydrogen-bond donors (Lipinski definition) is 2. The lowest BCUT2D eigenvalue weighted by atomic mass is 9.94. The molecule has 230 valence electrons. The Morgan fingerprint density at radius 2 is 1.72 bits per heavy atom. The summed E-state index contributed by atoms with van der Waals surface area (Å²) in [5.74, 6) is 4.65. The summed E-state index contributed by atoms with van der Waals surface area (Å²) in [6.07, 6.45) is 9.35. The Hall–Kier alpha value is -2.48. The summed E-state index contributed by atoms with van der Waals surface area (Å²) in [6.45, 7) is 5.07. The zero-order chi connectivity index (χ0) is 29.9. The molecule has 3 N–H and O–H groups in total. The van der Waals surface area contributed by atoms with Crippen LogP contribution in [0, 0.1) is 5.92 Å². The maximum absolute atomic E-state index is 13.3. The number of hydrogen-bond acceptors (Lipinski definition) is 11. The standard InChI is InChI=1S/C29H35Cl2N7O3S2/c30-20-15-23(42-17-20)24-27(38-12-10-36(11-13-38)21-4-2-1-3-5-21)43-29(34-24)35-26(39)19-14-22(31)25(33-16-19)37-8-6-18(7-9-37)28(40)41-32/h14-18,21H,1-13,32H2,(H,34,35,39). The third kappa shape index (κ3) is 6.94. The number of thiophene rings is 1. The van der Waals surface area contributed by atoms with Gasteiger partial charge in [-0.3, -0.25) is 19.8 Å². The van der Waals surface area contributed by atoms with Crippen molar-refractivity contribution in [1.82, 2.24) is 14.9 Å². The van der Waals surface area contributed by atoms with Crippen molar-refractivity contribution in [2.24, 2.45) is 11.8 Å². The predicted octanol–water partition coefficient (Wildman–Crippen LogP) is 5.91. The van der Waals surface area contributed by atoms with Crippen LogP contribution in [-0.4, -0.2) is 72.1 Å². The van der Waals surface area contributed by atoms with E-state index < -0.39 is 5.97 Å². The van der Waals surface area contributed by atoms with Crippen molar-refractivity contribution in [3.05, 3.63) is 39.3 Å². The number of amides is 1. The molecule has 6 rings (SSSR count). The minimum Gasteiger partial charge on any atom is -0.373 e. The van der Waals surface area contributed by atoms with Gasteiger partial charge >= 0.3 is 5.97 Å². The number of nitrogens with two attached hydrogens (primary N) is 1. The maximum Gasteiger partial charge on any atom is 0.327 e. The number of nitrogens with one attached hydrogen (secondary N) is 1. The average Bonchev–Trinajstić information content (AvgIpc) is 3.67. The van der Waals surface area contributed by atoms with Crippen LogP contribution in [0.3, 0.4) is 0 Å². The SMILES string of the molecule is NOC(=O)C1CCN(c2ncc(C(=O)Nc3nc(-c4cc(Cl)cs4)c(N4CCN(C5CCCCC5)CC4)s3)cc2Cl)CC1. The van der Waals surface area contributed by atoms with Crippen molar-refractivity contribution in [1.29, 1.82) is 0 Å². The molecule has 2 aliphatic heterocycles. The minimum absolute atomic E-state index is 0.232. The quantitative estimate of drug-likeness (QED) is 0.297. The van der Waals surface area contributed by atoms with Gasteiger partial charge < -0.3 is 14.6 Å². The number of carbonyl (C=O) groups excluding carboxylic acids is 2. The molecule has 0 bridgehead atoms. The highest BCUT2D eigenvalue weighted by molar-refractivity contribution is 7.21. The third-order valence-electron chi connectivity index (χ3n) is 8.65. The molecule has 2 saturated heterocycles. The van der Waals surface area contributed by atoms with E-state index in [-0.39, 0.29) is 11.8 Å². The number of anilines is 3. The fraction of sp³-hybridized carbons (Fsp3) is 0.517. The summed E-state index contributed by atoms with van der Waals surface area (Å²) in [5.41, 5.74) is 1.19. The van der Waals surface area contributed by atoms with Crippen LogP contribution in [0.4, 0.5) is 16.0 Å². The zero-order valence-corrected chi connectivity index (χ0v) is 26.9. The van der Waals surface area contributed by atoms with Crippen LogP contribution in [0.15, 0.2) is 23.7 Å². The third-order valence-corrected chi connectivity index (χ3v) is 11.2. The molecule has 0 aromatic carbocycles. The number of halogens is 2. The Morgan fingerprint density at radius 3 is 2.37 bits per heavy atom. The Bertz CT molecular complexity index is 1450. The molecule has 1 amide bonds. The fourth-order valence-electron chi connectivity index (χ4n) is 6.29. The lowest BCUT2D eigenvalue weighted by Gasteiger charge is -2.41. The Balaban J connectivity index is 1.15. The Labute approximate surface area is 269 Å². The van der Waals surface area contributed by atoms with Gasteiger partial charge in [0.2, 0.25) is 0 Å². The summed E-state index contributed by atoms with van der Waals surface area (Å²) >= 11 is 15.9. The van der Waals surface area contributed by atoms with Crippen LogP contribution in [0.1, 0.15) is 55.3 Å². The van der Waals surface area contributed by atoms with Gasteiger partial charge in [0.15, 0.2) is 5.13 Å². The molecular formula is C29H35Cl2N7O3S2. The Kier molecular flexibility index (Phi) is 9.70. The number of piperazine rings is 1. The van der Waals surface area contributed by atoms with Gasteiger partial charge in [0, 0.05) is 56.9 Å². The minimum atomic E-state index is -0.400. The van der Waals surface area contributed by atoms with Gasteiger partial charge in [0.25, 0.3) is 5.91 Å². The monoisotopic (exact) mass is 663 g/mol. The van der Waals surface area contributed by atoms with E-state index in [9.17, 15) is 9.59 Å². The molecule has 0 spiro atoms. The first-order chi connectivity index (χ1) is 20.9. The molecule has 3 fully saturated rings. The van der Waals surface area contributed by atoms with E-state index in [1.54, 1.807) is 17.4 Å². The van der Waals surface area contributed by atoms with Gasteiger partial charge in [-0.05, 0) is 37.8 Å². The molecule has 0 atom stereocenters. The number of carbonyl (C=O) groups is 2. The van der Waals surface area contributed by atoms with E-state index in [0.29, 0.717) is 58.5 Å². The van der Waals surface area contributed by atoms with Gasteiger partial charge in [-0.15, -0.1) is 11.3 Å². The van der Waals surface area contributed by atoms with Crippen molar-refractivity contribution in [3.8, 4) is 10.6 Å². The lowest BCUT2D eigenvalue weighted by molar-refractivity contribution is -0.149. The van der Waals surface area contributed by atoms with Crippen molar-refractivity contribution in [3.63, 3.8) is 0 Å². The molecule has 14 heteroatoms. The topological polar surface area (TPSA) is 117 Å². The van der Waals surface area contributed by atoms with E-state index in [0.717, 1.165) is 41.8 Å². The van der Waals surface area contributed by atoms with Gasteiger partial charge in [-0.1, -0.05) is 53.8 Å². The van der Waals surface area contributed by atoms with Crippen LogP contribution >= 0.6 is 45.9 Å². The van der Waals surface area contributed by atoms with Gasteiger partial charge in [-0.2, -0.15) is 5.90 Å². The van der Waals surface area contributed by atoms with Crippen molar-refractivity contribution >= 4 is 73.7 Å². The van der Waals surface area contributed by atoms with Gasteiger partial charge in [-0.25, -0.2) is 9.97 Å². The Morgan fingerprint density at radius 1 is 0.977 bits per heavy atom. The largest absolute Gasteiger partial charge is 0.373 e. The van der Waals surface area contributed by atoms with Crippen molar-refractivity contribution in [2.75, 3.05) is 54.4 Å². The van der Waals surface area contributed by atoms with Gasteiger partial charge in [0.05, 0.1) is 26.4 Å². The molecule has 43 heavy (non-hydrogen) atoms. The second-order valence-corrected chi connectivity index (χ2v) is 14.0. The summed E-state index contributed by atoms with van der Waals surface area (Å²) in [7, 11) is 0. The molecule has 3 aromatic heterocycles. The molecule has 3 aliphatic rings. The molecular weight excluding hydrogens is 629 g/mol. The number of rotatable bonds is 7. The lowest BCUT2D eigenvalue weighted by Crippen LogP contribution is -2.50. The van der Waals surface area contributed by atoms with E-state index >= 15 is 0 Å². The highest BCUT2D eigenvalue weighted by Crippen LogP contribution is 2.42. The first-order valence-electron chi connectivity index (χ1n) is 14.8. The first kappa shape index (κ1) is 30.5. The summed E-state index contributed by atoms with van der Waals surface area (Å²) < 4.78 is 0. The number of nitrogens with zero attached hydrogens (tertiary/aromatic N) is 5. The second kappa shape index (κ2) is 13.7. The van der Waals surface area contributed by atoms with Crippen LogP contribution in [0.5, 0.6) is 0 Å². The van der Waals surface area contributed by atoms with E-state index in [1.807, 2.05) is 16.3 Å². The molecule has 1 saturated carbocycles.